The molecule has 0 aliphatic heterocycles. The van der Waals surface area contributed by atoms with E-state index in [4.69, 9.17) is 4.74 Å². The van der Waals surface area contributed by atoms with Crippen LogP contribution in [0, 0.1) is 5.92 Å². The number of nitrogens with one attached hydrogen (secondary N) is 1. The summed E-state index contributed by atoms with van der Waals surface area (Å²) in [5.74, 6) is -1.32. The number of hydrogen-bond donors (Lipinski definition) is 1. The molecule has 0 heterocycles. The van der Waals surface area contributed by atoms with Gasteiger partial charge in [-0.3, -0.25) is 4.79 Å². The minimum Gasteiger partial charge on any atom is -0.466 e. The Labute approximate surface area is 106 Å². The van der Waals surface area contributed by atoms with Gasteiger partial charge in [0.2, 0.25) is 5.91 Å². The Hall–Kier alpha value is -1.85. The average Bonchev–Trinajstić information content (AvgIpc) is 2.34. The molecule has 0 aromatic carbocycles. The minimum absolute atomic E-state index is 0.0353. The number of methoxy groups -OCH3 is 1. The average molecular weight is 257 g/mol. The molecule has 0 bridgehead atoms. The lowest BCUT2D eigenvalue weighted by atomic mass is 10.2. The first-order chi connectivity index (χ1) is 8.47. The van der Waals surface area contributed by atoms with Gasteiger partial charge in [0.05, 0.1) is 13.7 Å². The molecule has 1 N–H and O–H groups in total. The molecule has 0 saturated heterocycles. The number of carbonyl (C=O) groups is 3. The Kier molecular flexibility index (Phi) is 8.26. The van der Waals surface area contributed by atoms with E-state index in [1.807, 2.05) is 0 Å². The number of amides is 1. The van der Waals surface area contributed by atoms with Gasteiger partial charge < -0.3 is 14.8 Å². The molecule has 0 unspecified atom stereocenters. The third kappa shape index (κ3) is 8.32. The lowest BCUT2D eigenvalue weighted by Gasteiger charge is -2.07. The van der Waals surface area contributed by atoms with Gasteiger partial charge in [-0.2, -0.15) is 0 Å². The second kappa shape index (κ2) is 9.21. The summed E-state index contributed by atoms with van der Waals surface area (Å²) in [4.78, 5) is 32.9. The van der Waals surface area contributed by atoms with E-state index in [2.05, 4.69) is 10.1 Å². The SMILES string of the molecule is COC(=O)C=CC(=O)OCCCNC(=O)C(C)C. The summed E-state index contributed by atoms with van der Waals surface area (Å²) in [6, 6.07) is 0. The zero-order valence-corrected chi connectivity index (χ0v) is 10.9. The summed E-state index contributed by atoms with van der Waals surface area (Å²) in [5, 5.41) is 2.69. The van der Waals surface area contributed by atoms with Crippen molar-refractivity contribution in [2.45, 2.75) is 20.3 Å². The molecule has 0 aliphatic rings. The van der Waals surface area contributed by atoms with Crippen molar-refractivity contribution in [2.75, 3.05) is 20.3 Å². The zero-order valence-electron chi connectivity index (χ0n) is 10.9. The fraction of sp³-hybridized carbons (Fsp3) is 0.583. The minimum atomic E-state index is -0.615. The molecule has 102 valence electrons. The molecule has 18 heavy (non-hydrogen) atoms. The molecule has 0 radical (unpaired) electrons. The number of esters is 2. The van der Waals surface area contributed by atoms with Crippen molar-refractivity contribution in [1.82, 2.24) is 5.32 Å². The second-order valence-corrected chi connectivity index (χ2v) is 3.82. The fourth-order valence-electron chi connectivity index (χ4n) is 0.913. The Morgan fingerprint density at radius 1 is 1.17 bits per heavy atom. The summed E-state index contributed by atoms with van der Waals surface area (Å²) in [6.07, 6.45) is 2.51. The van der Waals surface area contributed by atoms with Crippen LogP contribution in [0.1, 0.15) is 20.3 Å². The Morgan fingerprint density at radius 2 is 1.78 bits per heavy atom. The molecule has 6 heteroatoms. The molecule has 0 atom stereocenters. The number of hydrogen-bond acceptors (Lipinski definition) is 5. The van der Waals surface area contributed by atoms with Crippen molar-refractivity contribution in [1.29, 1.82) is 0 Å². The van der Waals surface area contributed by atoms with Crippen LogP contribution < -0.4 is 5.32 Å². The van der Waals surface area contributed by atoms with E-state index in [-0.39, 0.29) is 18.4 Å². The molecule has 0 rings (SSSR count). The van der Waals surface area contributed by atoms with E-state index in [0.29, 0.717) is 13.0 Å². The molecule has 6 nitrogen and oxygen atoms in total. The summed E-state index contributed by atoms with van der Waals surface area (Å²) in [7, 11) is 1.22. The van der Waals surface area contributed by atoms with Crippen LogP contribution in [0.3, 0.4) is 0 Å². The van der Waals surface area contributed by atoms with Gasteiger partial charge in [-0.15, -0.1) is 0 Å². The highest BCUT2D eigenvalue weighted by Crippen LogP contribution is 1.91. The van der Waals surface area contributed by atoms with E-state index in [1.165, 1.54) is 7.11 Å². The van der Waals surface area contributed by atoms with Gasteiger partial charge in [0.25, 0.3) is 0 Å². The van der Waals surface area contributed by atoms with E-state index in [9.17, 15) is 14.4 Å². The highest BCUT2D eigenvalue weighted by molar-refractivity contribution is 5.91. The third-order valence-corrected chi connectivity index (χ3v) is 1.95. The maximum absolute atomic E-state index is 11.2. The summed E-state index contributed by atoms with van der Waals surface area (Å²) in [6.45, 7) is 4.23. The van der Waals surface area contributed by atoms with Gasteiger partial charge in [-0.25, -0.2) is 9.59 Å². The Bertz CT molecular complexity index is 322. The normalized spacial score (nSPS) is 10.4. The van der Waals surface area contributed by atoms with Crippen LogP contribution in [0.4, 0.5) is 0 Å². The predicted molar refractivity (Wildman–Crippen MR) is 64.6 cm³/mol. The zero-order chi connectivity index (χ0) is 14.0. The van der Waals surface area contributed by atoms with Gasteiger partial charge in [-0.05, 0) is 6.42 Å². The van der Waals surface area contributed by atoms with Crippen molar-refractivity contribution >= 4 is 17.8 Å². The quantitative estimate of drug-likeness (QED) is 0.406. The van der Waals surface area contributed by atoms with Gasteiger partial charge in [-0.1, -0.05) is 13.8 Å². The molecule has 0 aromatic rings. The molecule has 1 amide bonds. The Morgan fingerprint density at radius 3 is 2.33 bits per heavy atom. The van der Waals surface area contributed by atoms with Gasteiger partial charge in [0, 0.05) is 24.6 Å². The first-order valence-electron chi connectivity index (χ1n) is 5.68. The summed E-state index contributed by atoms with van der Waals surface area (Å²) in [5.41, 5.74) is 0. The smallest absolute Gasteiger partial charge is 0.331 e. The van der Waals surface area contributed by atoms with E-state index < -0.39 is 11.9 Å². The van der Waals surface area contributed by atoms with Crippen LogP contribution in [0.5, 0.6) is 0 Å². The molecular formula is C12H19NO5. The molecule has 0 aliphatic carbocycles. The maximum atomic E-state index is 11.2. The van der Waals surface area contributed by atoms with Crippen LogP contribution >= 0.6 is 0 Å². The van der Waals surface area contributed by atoms with Crippen molar-refractivity contribution in [3.63, 3.8) is 0 Å². The largest absolute Gasteiger partial charge is 0.466 e. The summed E-state index contributed by atoms with van der Waals surface area (Å²) >= 11 is 0. The monoisotopic (exact) mass is 257 g/mol. The lowest BCUT2D eigenvalue weighted by Crippen LogP contribution is -2.29. The molecule has 0 spiro atoms. The summed E-state index contributed by atoms with van der Waals surface area (Å²) < 4.78 is 9.11. The van der Waals surface area contributed by atoms with Crippen molar-refractivity contribution in [2.24, 2.45) is 5.92 Å². The standard InChI is InChI=1S/C12H19NO5/c1-9(2)12(16)13-7-4-8-18-11(15)6-5-10(14)17-3/h5-6,9H,4,7-8H2,1-3H3,(H,13,16). The third-order valence-electron chi connectivity index (χ3n) is 1.95. The van der Waals surface area contributed by atoms with Crippen molar-refractivity contribution in [3.05, 3.63) is 12.2 Å². The van der Waals surface area contributed by atoms with Crippen molar-refractivity contribution < 1.29 is 23.9 Å². The predicted octanol–water partition coefficient (Wildman–Crippen LogP) is 0.421. The van der Waals surface area contributed by atoms with E-state index in [1.54, 1.807) is 13.8 Å². The fourth-order valence-corrected chi connectivity index (χ4v) is 0.913. The van der Waals surface area contributed by atoms with Crippen LogP contribution in [0.2, 0.25) is 0 Å². The van der Waals surface area contributed by atoms with E-state index in [0.717, 1.165) is 12.2 Å². The maximum Gasteiger partial charge on any atom is 0.331 e. The van der Waals surface area contributed by atoms with Gasteiger partial charge in [0.15, 0.2) is 0 Å². The highest BCUT2D eigenvalue weighted by atomic mass is 16.5. The van der Waals surface area contributed by atoms with E-state index >= 15 is 0 Å². The van der Waals surface area contributed by atoms with Gasteiger partial charge in [0.1, 0.15) is 0 Å². The lowest BCUT2D eigenvalue weighted by molar-refractivity contribution is -0.139. The molecule has 0 aromatic heterocycles. The number of carbonyl (C=O) groups excluding carboxylic acids is 3. The number of ether oxygens (including phenoxy) is 2. The first kappa shape index (κ1) is 16.1. The van der Waals surface area contributed by atoms with Crippen LogP contribution in [0.15, 0.2) is 12.2 Å². The van der Waals surface area contributed by atoms with Crippen LogP contribution in [0.25, 0.3) is 0 Å². The van der Waals surface area contributed by atoms with Crippen LogP contribution in [-0.4, -0.2) is 38.1 Å². The van der Waals surface area contributed by atoms with Crippen molar-refractivity contribution in [3.8, 4) is 0 Å². The first-order valence-corrected chi connectivity index (χ1v) is 5.68. The Balaban J connectivity index is 3.61. The molecular weight excluding hydrogens is 238 g/mol. The topological polar surface area (TPSA) is 81.7 Å². The molecule has 0 saturated carbocycles. The second-order valence-electron chi connectivity index (χ2n) is 3.82. The van der Waals surface area contributed by atoms with Crippen LogP contribution in [-0.2, 0) is 23.9 Å². The molecule has 0 fully saturated rings. The highest BCUT2D eigenvalue weighted by Gasteiger charge is 2.05. The number of rotatable bonds is 7. The van der Waals surface area contributed by atoms with Gasteiger partial charge >= 0.3 is 11.9 Å².